The van der Waals surface area contributed by atoms with Gasteiger partial charge < -0.3 is 14.5 Å². The van der Waals surface area contributed by atoms with Crippen LogP contribution in [0.15, 0.2) is 75.9 Å². The molecule has 1 aliphatic carbocycles. The van der Waals surface area contributed by atoms with Gasteiger partial charge in [0.15, 0.2) is 0 Å². The van der Waals surface area contributed by atoms with Crippen LogP contribution < -0.4 is 10.7 Å². The van der Waals surface area contributed by atoms with Gasteiger partial charge in [0.2, 0.25) is 11.1 Å². The van der Waals surface area contributed by atoms with Crippen LogP contribution in [0.2, 0.25) is 5.15 Å². The number of ether oxygens (including phenoxy) is 1. The van der Waals surface area contributed by atoms with E-state index in [0.29, 0.717) is 16.7 Å². The van der Waals surface area contributed by atoms with E-state index in [1.807, 2.05) is 75.4 Å². The molecule has 2 aromatic carbocycles. The van der Waals surface area contributed by atoms with Crippen LogP contribution >= 0.6 is 11.6 Å². The number of nitrogens with zero attached hydrogens (tertiary/aromatic N) is 1. The Morgan fingerprint density at radius 1 is 1.00 bits per heavy atom. The van der Waals surface area contributed by atoms with Gasteiger partial charge in [-0.3, -0.25) is 4.79 Å². The molecule has 0 aliphatic heterocycles. The minimum Gasteiger partial charge on any atom is -0.444 e. The fraction of sp³-hybridized carbons (Fsp3) is 0.276. The van der Waals surface area contributed by atoms with Gasteiger partial charge in [0.1, 0.15) is 16.5 Å². The predicted octanol–water partition coefficient (Wildman–Crippen LogP) is 7.08. The molecule has 36 heavy (non-hydrogen) atoms. The summed E-state index contributed by atoms with van der Waals surface area (Å²) in [4.78, 5) is 30.4. The van der Waals surface area contributed by atoms with Crippen LogP contribution in [0.4, 0.5) is 4.79 Å². The molecule has 1 aliphatic rings. The highest BCUT2D eigenvalue weighted by Gasteiger charge is 2.41. The number of hydrogen-bond donors (Lipinski definition) is 1. The second-order valence-corrected chi connectivity index (χ2v) is 10.5. The van der Waals surface area contributed by atoms with E-state index in [2.05, 4.69) is 10.3 Å². The molecule has 7 heteroatoms. The Morgan fingerprint density at radius 2 is 1.69 bits per heavy atom. The molecule has 4 aromatic rings. The van der Waals surface area contributed by atoms with E-state index in [9.17, 15) is 9.59 Å². The summed E-state index contributed by atoms with van der Waals surface area (Å²) >= 11 is 6.06. The maximum Gasteiger partial charge on any atom is 0.408 e. The Labute approximate surface area is 214 Å². The number of fused-ring (bicyclic) bond motifs is 1. The zero-order chi connectivity index (χ0) is 25.5. The van der Waals surface area contributed by atoms with Crippen LogP contribution in [0, 0.1) is 0 Å². The van der Waals surface area contributed by atoms with Gasteiger partial charge in [0.25, 0.3) is 0 Å². The van der Waals surface area contributed by atoms with E-state index in [4.69, 9.17) is 20.8 Å². The smallest absolute Gasteiger partial charge is 0.408 e. The molecule has 0 saturated heterocycles. The topological polar surface area (TPSA) is 81.4 Å². The molecule has 2 heterocycles. The summed E-state index contributed by atoms with van der Waals surface area (Å²) in [6, 6.07) is 20.4. The van der Waals surface area contributed by atoms with Crippen LogP contribution in [-0.4, -0.2) is 16.7 Å². The molecule has 0 atom stereocenters. The number of carbonyl (C=O) groups is 1. The lowest BCUT2D eigenvalue weighted by atomic mass is 9.71. The highest BCUT2D eigenvalue weighted by atomic mass is 35.5. The second kappa shape index (κ2) is 9.10. The van der Waals surface area contributed by atoms with Crippen molar-refractivity contribution in [1.29, 1.82) is 0 Å². The number of aromatic nitrogens is 1. The van der Waals surface area contributed by atoms with Crippen molar-refractivity contribution in [3.8, 4) is 22.5 Å². The molecule has 6 nitrogen and oxygen atoms in total. The lowest BCUT2D eigenvalue weighted by Gasteiger charge is -2.43. The molecule has 0 bridgehead atoms. The van der Waals surface area contributed by atoms with Gasteiger partial charge >= 0.3 is 6.09 Å². The Morgan fingerprint density at radius 3 is 2.31 bits per heavy atom. The molecule has 0 unspecified atom stereocenters. The van der Waals surface area contributed by atoms with Gasteiger partial charge in [0.05, 0.1) is 16.5 Å². The Hall–Kier alpha value is -3.64. The maximum atomic E-state index is 13.6. The van der Waals surface area contributed by atoms with Gasteiger partial charge in [-0.2, -0.15) is 0 Å². The van der Waals surface area contributed by atoms with Crippen LogP contribution in [0.3, 0.4) is 0 Å². The average Bonchev–Trinajstić information content (AvgIpc) is 2.81. The summed E-state index contributed by atoms with van der Waals surface area (Å²) in [6.07, 6.45) is 2.23. The SMILES string of the molecule is CC(C)(C)OC(=O)NC1(c2ccc(-c3c(-c4ccccc4)oc4nc(Cl)ccc4c3=O)cc2)CCC1. The standard InChI is InChI=1S/C29H27ClN2O4/c1-28(2,3)36-27(34)32-29(16-7-17-29)20-12-10-18(11-13-20)23-24(33)21-14-15-22(30)31-26(21)35-25(23)19-8-5-4-6-9-19/h4-6,8-15H,7,16-17H2,1-3H3,(H,32,34). The van der Waals surface area contributed by atoms with E-state index < -0.39 is 17.2 Å². The summed E-state index contributed by atoms with van der Waals surface area (Å²) in [5.74, 6) is 0.431. The van der Waals surface area contributed by atoms with Crippen LogP contribution in [-0.2, 0) is 10.3 Å². The Balaban J connectivity index is 1.57. The highest BCUT2D eigenvalue weighted by molar-refractivity contribution is 6.29. The van der Waals surface area contributed by atoms with Gasteiger partial charge in [-0.25, -0.2) is 9.78 Å². The normalized spacial score (nSPS) is 14.8. The lowest BCUT2D eigenvalue weighted by Crippen LogP contribution is -2.52. The van der Waals surface area contributed by atoms with Crippen molar-refractivity contribution in [2.45, 2.75) is 51.2 Å². The first-order valence-corrected chi connectivity index (χ1v) is 12.3. The summed E-state index contributed by atoms with van der Waals surface area (Å²) < 4.78 is 11.6. The fourth-order valence-corrected chi connectivity index (χ4v) is 4.72. The van der Waals surface area contributed by atoms with Gasteiger partial charge in [-0.1, -0.05) is 66.2 Å². The largest absolute Gasteiger partial charge is 0.444 e. The molecular weight excluding hydrogens is 476 g/mol. The second-order valence-electron chi connectivity index (χ2n) is 10.1. The summed E-state index contributed by atoms with van der Waals surface area (Å²) in [5.41, 5.74) is 1.87. The first kappa shape index (κ1) is 24.1. The number of alkyl carbamates (subject to hydrolysis) is 1. The summed E-state index contributed by atoms with van der Waals surface area (Å²) in [5, 5.41) is 3.69. The van der Waals surface area contributed by atoms with E-state index in [-0.39, 0.29) is 16.3 Å². The molecule has 0 radical (unpaired) electrons. The van der Waals surface area contributed by atoms with Crippen molar-refractivity contribution in [2.24, 2.45) is 0 Å². The molecular formula is C29H27ClN2O4. The number of nitrogens with one attached hydrogen (secondary N) is 1. The van der Waals surface area contributed by atoms with E-state index in [1.54, 1.807) is 12.1 Å². The Bertz CT molecular complexity index is 1480. The number of carbonyl (C=O) groups excluding carboxylic acids is 1. The highest BCUT2D eigenvalue weighted by Crippen LogP contribution is 2.42. The van der Waals surface area contributed by atoms with Gasteiger partial charge in [-0.05, 0) is 63.3 Å². The third-order valence-corrected chi connectivity index (χ3v) is 6.64. The van der Waals surface area contributed by atoms with E-state index in [0.717, 1.165) is 36.0 Å². The van der Waals surface area contributed by atoms with Crippen molar-refractivity contribution in [1.82, 2.24) is 10.3 Å². The molecule has 0 spiro atoms. The van der Waals surface area contributed by atoms with Gasteiger partial charge in [-0.15, -0.1) is 0 Å². The quantitative estimate of drug-likeness (QED) is 0.301. The zero-order valence-corrected chi connectivity index (χ0v) is 21.2. The minimum atomic E-state index is -0.574. The third kappa shape index (κ3) is 4.61. The third-order valence-electron chi connectivity index (χ3n) is 6.43. The van der Waals surface area contributed by atoms with Crippen molar-refractivity contribution >= 4 is 28.8 Å². The Kier molecular flexibility index (Phi) is 6.08. The van der Waals surface area contributed by atoms with Gasteiger partial charge in [0, 0.05) is 5.56 Å². The van der Waals surface area contributed by atoms with E-state index >= 15 is 0 Å². The molecule has 5 rings (SSSR count). The first-order chi connectivity index (χ1) is 17.2. The monoisotopic (exact) mass is 502 g/mol. The van der Waals surface area contributed by atoms with Crippen molar-refractivity contribution in [3.05, 3.63) is 87.7 Å². The van der Waals surface area contributed by atoms with Crippen molar-refractivity contribution < 1.29 is 13.9 Å². The number of amides is 1. The zero-order valence-electron chi connectivity index (χ0n) is 20.4. The molecule has 1 amide bonds. The molecule has 2 aromatic heterocycles. The van der Waals surface area contributed by atoms with Crippen LogP contribution in [0.1, 0.15) is 45.6 Å². The fourth-order valence-electron chi connectivity index (χ4n) is 4.58. The number of halogens is 1. The maximum absolute atomic E-state index is 13.6. The average molecular weight is 503 g/mol. The molecule has 1 fully saturated rings. The number of hydrogen-bond acceptors (Lipinski definition) is 5. The van der Waals surface area contributed by atoms with Crippen LogP contribution in [0.25, 0.3) is 33.6 Å². The van der Waals surface area contributed by atoms with Crippen LogP contribution in [0.5, 0.6) is 0 Å². The minimum absolute atomic E-state index is 0.183. The number of pyridine rings is 1. The lowest BCUT2D eigenvalue weighted by molar-refractivity contribution is 0.0377. The predicted molar refractivity (Wildman–Crippen MR) is 141 cm³/mol. The molecule has 1 saturated carbocycles. The van der Waals surface area contributed by atoms with Crippen molar-refractivity contribution in [2.75, 3.05) is 0 Å². The number of rotatable bonds is 4. The summed E-state index contributed by atoms with van der Waals surface area (Å²) in [7, 11) is 0. The summed E-state index contributed by atoms with van der Waals surface area (Å²) in [6.45, 7) is 5.53. The first-order valence-electron chi connectivity index (χ1n) is 12.0. The van der Waals surface area contributed by atoms with Crippen molar-refractivity contribution in [3.63, 3.8) is 0 Å². The molecule has 184 valence electrons. The molecule has 1 N–H and O–H groups in total. The number of benzene rings is 2. The van der Waals surface area contributed by atoms with E-state index in [1.165, 1.54) is 0 Å².